The van der Waals surface area contributed by atoms with E-state index in [-0.39, 0.29) is 18.4 Å². The molecule has 0 spiro atoms. The van der Waals surface area contributed by atoms with Gasteiger partial charge in [0.2, 0.25) is 0 Å². The van der Waals surface area contributed by atoms with E-state index in [9.17, 15) is 9.59 Å². The lowest BCUT2D eigenvalue weighted by Crippen LogP contribution is -2.37. The second kappa shape index (κ2) is 7.32. The summed E-state index contributed by atoms with van der Waals surface area (Å²) in [5, 5.41) is 2.93. The van der Waals surface area contributed by atoms with E-state index >= 15 is 0 Å². The summed E-state index contributed by atoms with van der Waals surface area (Å²) in [6, 6.07) is -0.427. The zero-order valence-corrected chi connectivity index (χ0v) is 8.83. The smallest absolute Gasteiger partial charge is 0.322 e. The fourth-order valence-electron chi connectivity index (χ4n) is 1.06. The Morgan fingerprint density at radius 1 is 1.29 bits per heavy atom. The van der Waals surface area contributed by atoms with Crippen LogP contribution in [-0.2, 0) is 19.1 Å². The quantitative estimate of drug-likeness (QED) is 0.620. The van der Waals surface area contributed by atoms with Crippen molar-refractivity contribution in [2.45, 2.75) is 25.8 Å². The van der Waals surface area contributed by atoms with Crippen LogP contribution in [0.4, 0.5) is 0 Å². The minimum absolute atomic E-state index is 0.212. The van der Waals surface area contributed by atoms with E-state index in [2.05, 4.69) is 14.8 Å². The standard InChI is InChI=1S/C9H17NO4/c1-4-10-7(9(12)14-3)5-6-8(11)13-2/h7,10H,4-6H2,1-3H3. The molecular formula is C9H17NO4. The predicted octanol–water partition coefficient (Wildman–Crippen LogP) is 0.0907. The average molecular weight is 203 g/mol. The lowest BCUT2D eigenvalue weighted by molar-refractivity contribution is -0.144. The second-order valence-electron chi connectivity index (χ2n) is 2.75. The van der Waals surface area contributed by atoms with Crippen LogP contribution in [0.3, 0.4) is 0 Å². The molecular weight excluding hydrogens is 186 g/mol. The van der Waals surface area contributed by atoms with E-state index in [1.54, 1.807) is 0 Å². The number of carbonyl (C=O) groups excluding carboxylic acids is 2. The maximum atomic E-state index is 11.2. The van der Waals surface area contributed by atoms with E-state index in [1.807, 2.05) is 6.92 Å². The first-order valence-electron chi connectivity index (χ1n) is 4.53. The number of ether oxygens (including phenoxy) is 2. The molecule has 0 saturated heterocycles. The number of likely N-dealkylation sites (N-methyl/N-ethyl adjacent to an activating group) is 1. The van der Waals surface area contributed by atoms with Gasteiger partial charge >= 0.3 is 11.9 Å². The van der Waals surface area contributed by atoms with Crippen LogP contribution in [0, 0.1) is 0 Å². The summed E-state index contributed by atoms with van der Waals surface area (Å²) in [5.41, 5.74) is 0. The van der Waals surface area contributed by atoms with Gasteiger partial charge in [0, 0.05) is 6.42 Å². The zero-order chi connectivity index (χ0) is 11.0. The van der Waals surface area contributed by atoms with Crippen LogP contribution in [0.15, 0.2) is 0 Å². The summed E-state index contributed by atoms with van der Waals surface area (Å²) >= 11 is 0. The SMILES string of the molecule is CCNC(CCC(=O)OC)C(=O)OC. The van der Waals surface area contributed by atoms with E-state index in [1.165, 1.54) is 14.2 Å². The Morgan fingerprint density at radius 2 is 1.93 bits per heavy atom. The molecule has 5 nitrogen and oxygen atoms in total. The second-order valence-corrected chi connectivity index (χ2v) is 2.75. The van der Waals surface area contributed by atoms with Crippen LogP contribution < -0.4 is 5.32 Å². The van der Waals surface area contributed by atoms with Gasteiger partial charge in [-0.3, -0.25) is 9.59 Å². The Bertz CT molecular complexity index is 193. The highest BCUT2D eigenvalue weighted by Gasteiger charge is 2.18. The van der Waals surface area contributed by atoms with Gasteiger partial charge < -0.3 is 14.8 Å². The number of carbonyl (C=O) groups is 2. The third-order valence-electron chi connectivity index (χ3n) is 1.80. The largest absolute Gasteiger partial charge is 0.469 e. The highest BCUT2D eigenvalue weighted by atomic mass is 16.5. The van der Waals surface area contributed by atoms with Gasteiger partial charge in [-0.2, -0.15) is 0 Å². The fraction of sp³-hybridized carbons (Fsp3) is 0.778. The van der Waals surface area contributed by atoms with Gasteiger partial charge in [0.25, 0.3) is 0 Å². The van der Waals surface area contributed by atoms with Crippen LogP contribution in [-0.4, -0.2) is 38.7 Å². The van der Waals surface area contributed by atoms with Crippen LogP contribution in [0.2, 0.25) is 0 Å². The van der Waals surface area contributed by atoms with Gasteiger partial charge in [0.05, 0.1) is 14.2 Å². The molecule has 1 unspecified atom stereocenters. The molecule has 0 fully saturated rings. The minimum Gasteiger partial charge on any atom is -0.469 e. The van der Waals surface area contributed by atoms with Gasteiger partial charge in [0.15, 0.2) is 0 Å². The van der Waals surface area contributed by atoms with Crippen molar-refractivity contribution < 1.29 is 19.1 Å². The highest BCUT2D eigenvalue weighted by Crippen LogP contribution is 2.00. The molecule has 0 amide bonds. The van der Waals surface area contributed by atoms with Gasteiger partial charge in [-0.15, -0.1) is 0 Å². The molecule has 1 N–H and O–H groups in total. The van der Waals surface area contributed by atoms with Crippen molar-refractivity contribution in [3.63, 3.8) is 0 Å². The summed E-state index contributed by atoms with van der Waals surface area (Å²) in [6.45, 7) is 2.54. The number of methoxy groups -OCH3 is 2. The summed E-state index contributed by atoms with van der Waals surface area (Å²) < 4.78 is 9.05. The first kappa shape index (κ1) is 12.9. The van der Waals surface area contributed by atoms with E-state index < -0.39 is 6.04 Å². The summed E-state index contributed by atoms with van der Waals surface area (Å²) in [7, 11) is 2.65. The topological polar surface area (TPSA) is 64.6 Å². The molecule has 0 saturated carbocycles. The van der Waals surface area contributed by atoms with Crippen LogP contribution in [0.1, 0.15) is 19.8 Å². The molecule has 0 aromatic heterocycles. The van der Waals surface area contributed by atoms with Gasteiger partial charge in [-0.05, 0) is 13.0 Å². The Balaban J connectivity index is 3.96. The Hall–Kier alpha value is -1.10. The van der Waals surface area contributed by atoms with E-state index in [4.69, 9.17) is 0 Å². The highest BCUT2D eigenvalue weighted by molar-refractivity contribution is 5.77. The molecule has 0 aliphatic rings. The van der Waals surface area contributed by atoms with E-state index in [0.29, 0.717) is 13.0 Å². The molecule has 5 heteroatoms. The molecule has 82 valence electrons. The fourth-order valence-corrected chi connectivity index (χ4v) is 1.06. The number of hydrogen-bond donors (Lipinski definition) is 1. The first-order valence-corrected chi connectivity index (χ1v) is 4.53. The predicted molar refractivity (Wildman–Crippen MR) is 50.7 cm³/mol. The van der Waals surface area contributed by atoms with Crippen molar-refractivity contribution >= 4 is 11.9 Å². The molecule has 1 atom stereocenters. The lowest BCUT2D eigenvalue weighted by Gasteiger charge is -2.14. The third-order valence-corrected chi connectivity index (χ3v) is 1.80. The average Bonchev–Trinajstić information content (AvgIpc) is 2.22. The third kappa shape index (κ3) is 4.81. The summed E-state index contributed by atoms with van der Waals surface area (Å²) in [6.07, 6.45) is 0.608. The molecule has 0 rings (SSSR count). The maximum Gasteiger partial charge on any atom is 0.322 e. The van der Waals surface area contributed by atoms with Crippen molar-refractivity contribution in [1.29, 1.82) is 0 Å². The van der Waals surface area contributed by atoms with Gasteiger partial charge in [-0.25, -0.2) is 0 Å². The van der Waals surface area contributed by atoms with Crippen molar-refractivity contribution in [2.75, 3.05) is 20.8 Å². The van der Waals surface area contributed by atoms with Crippen LogP contribution >= 0.6 is 0 Å². The van der Waals surface area contributed by atoms with Crippen molar-refractivity contribution in [1.82, 2.24) is 5.32 Å². The van der Waals surface area contributed by atoms with Crippen molar-refractivity contribution in [3.8, 4) is 0 Å². The first-order chi connectivity index (χ1) is 6.65. The van der Waals surface area contributed by atoms with E-state index in [0.717, 1.165) is 0 Å². The normalized spacial score (nSPS) is 11.9. The number of rotatable bonds is 6. The molecule has 0 radical (unpaired) electrons. The van der Waals surface area contributed by atoms with Crippen molar-refractivity contribution in [2.24, 2.45) is 0 Å². The molecule has 0 bridgehead atoms. The molecule has 0 heterocycles. The van der Waals surface area contributed by atoms with Crippen LogP contribution in [0.5, 0.6) is 0 Å². The number of hydrogen-bond acceptors (Lipinski definition) is 5. The lowest BCUT2D eigenvalue weighted by atomic mass is 10.1. The van der Waals surface area contributed by atoms with Crippen LogP contribution in [0.25, 0.3) is 0 Å². The molecule has 14 heavy (non-hydrogen) atoms. The molecule has 0 aromatic rings. The Morgan fingerprint density at radius 3 is 2.36 bits per heavy atom. The Kier molecular flexibility index (Phi) is 6.74. The van der Waals surface area contributed by atoms with Gasteiger partial charge in [0.1, 0.15) is 6.04 Å². The summed E-state index contributed by atoms with van der Waals surface area (Å²) in [5.74, 6) is -0.674. The maximum absolute atomic E-state index is 11.2. The number of esters is 2. The molecule has 0 aliphatic carbocycles. The monoisotopic (exact) mass is 203 g/mol. The van der Waals surface area contributed by atoms with Crippen molar-refractivity contribution in [3.05, 3.63) is 0 Å². The number of nitrogens with one attached hydrogen (secondary N) is 1. The summed E-state index contributed by atoms with van der Waals surface area (Å²) in [4.78, 5) is 22.0. The zero-order valence-electron chi connectivity index (χ0n) is 8.83. The molecule has 0 aliphatic heterocycles. The molecule has 0 aromatic carbocycles. The van der Waals surface area contributed by atoms with Gasteiger partial charge in [-0.1, -0.05) is 6.92 Å². The minimum atomic E-state index is -0.427. The Labute approximate surface area is 83.8 Å².